The highest BCUT2D eigenvalue weighted by molar-refractivity contribution is 5.21. The normalized spacial score (nSPS) is 14.8. The molecule has 0 radical (unpaired) electrons. The third-order valence-corrected chi connectivity index (χ3v) is 2.75. The van der Waals surface area contributed by atoms with E-state index in [-0.39, 0.29) is 6.10 Å². The highest BCUT2D eigenvalue weighted by Crippen LogP contribution is 2.07. The molecule has 1 aromatic carbocycles. The van der Waals surface area contributed by atoms with Gasteiger partial charge in [-0.2, -0.15) is 0 Å². The Balaban J connectivity index is 2.26. The van der Waals surface area contributed by atoms with Gasteiger partial charge in [0, 0.05) is 12.6 Å². The zero-order chi connectivity index (χ0) is 12.0. The standard InChI is InChI=1S/C14H23NO/c1-11-4-7-14(8-5-11)9-6-12(2)15-10-13(3)16/h4-5,7-8,12-13,15-16H,6,9-10H2,1-3H3. The van der Waals surface area contributed by atoms with Gasteiger partial charge < -0.3 is 10.4 Å². The molecular weight excluding hydrogens is 198 g/mol. The minimum atomic E-state index is -0.262. The summed E-state index contributed by atoms with van der Waals surface area (Å²) in [5.74, 6) is 0. The first-order valence-electron chi connectivity index (χ1n) is 6.05. The van der Waals surface area contributed by atoms with Crippen LogP contribution in [0.25, 0.3) is 0 Å². The van der Waals surface area contributed by atoms with Crippen molar-refractivity contribution < 1.29 is 5.11 Å². The van der Waals surface area contributed by atoms with E-state index >= 15 is 0 Å². The van der Waals surface area contributed by atoms with Gasteiger partial charge in [-0.05, 0) is 39.2 Å². The molecule has 0 fully saturated rings. The Bertz CT molecular complexity index is 292. The molecule has 16 heavy (non-hydrogen) atoms. The molecular formula is C14H23NO. The molecule has 0 aliphatic rings. The number of aryl methyl sites for hydroxylation is 2. The highest BCUT2D eigenvalue weighted by atomic mass is 16.3. The van der Waals surface area contributed by atoms with Gasteiger partial charge in [-0.25, -0.2) is 0 Å². The van der Waals surface area contributed by atoms with Gasteiger partial charge in [0.05, 0.1) is 6.10 Å². The van der Waals surface area contributed by atoms with Crippen LogP contribution in [0.4, 0.5) is 0 Å². The maximum absolute atomic E-state index is 9.15. The van der Waals surface area contributed by atoms with Gasteiger partial charge in [-0.15, -0.1) is 0 Å². The van der Waals surface area contributed by atoms with E-state index in [4.69, 9.17) is 5.11 Å². The van der Waals surface area contributed by atoms with Gasteiger partial charge in [-0.1, -0.05) is 29.8 Å². The average molecular weight is 221 g/mol. The average Bonchev–Trinajstić information content (AvgIpc) is 2.25. The second-order valence-electron chi connectivity index (χ2n) is 4.68. The molecule has 1 rings (SSSR count). The smallest absolute Gasteiger partial charge is 0.0636 e. The van der Waals surface area contributed by atoms with Crippen LogP contribution >= 0.6 is 0 Å². The van der Waals surface area contributed by atoms with Gasteiger partial charge in [0.1, 0.15) is 0 Å². The van der Waals surface area contributed by atoms with Crippen LogP contribution in [0.3, 0.4) is 0 Å². The molecule has 0 aromatic heterocycles. The van der Waals surface area contributed by atoms with E-state index < -0.39 is 0 Å². The van der Waals surface area contributed by atoms with Gasteiger partial charge in [-0.3, -0.25) is 0 Å². The van der Waals surface area contributed by atoms with Crippen molar-refractivity contribution >= 4 is 0 Å². The van der Waals surface area contributed by atoms with E-state index in [2.05, 4.69) is 43.4 Å². The van der Waals surface area contributed by atoms with Crippen LogP contribution in [0, 0.1) is 6.92 Å². The van der Waals surface area contributed by atoms with Crippen molar-refractivity contribution in [3.05, 3.63) is 35.4 Å². The number of benzene rings is 1. The maximum Gasteiger partial charge on any atom is 0.0636 e. The summed E-state index contributed by atoms with van der Waals surface area (Å²) in [5.41, 5.74) is 2.69. The lowest BCUT2D eigenvalue weighted by atomic mass is 10.0. The molecule has 2 N–H and O–H groups in total. The van der Waals surface area contributed by atoms with Crippen molar-refractivity contribution in [2.24, 2.45) is 0 Å². The number of aliphatic hydroxyl groups is 1. The molecule has 2 nitrogen and oxygen atoms in total. The molecule has 0 amide bonds. The summed E-state index contributed by atoms with van der Waals surface area (Å²) >= 11 is 0. The summed E-state index contributed by atoms with van der Waals surface area (Å²) in [6, 6.07) is 9.15. The second-order valence-corrected chi connectivity index (χ2v) is 4.68. The molecule has 0 bridgehead atoms. The Morgan fingerprint density at radius 3 is 2.38 bits per heavy atom. The van der Waals surface area contributed by atoms with E-state index in [0.29, 0.717) is 12.6 Å². The fourth-order valence-corrected chi connectivity index (χ4v) is 1.61. The lowest BCUT2D eigenvalue weighted by Crippen LogP contribution is -2.32. The number of hydrogen-bond donors (Lipinski definition) is 2. The number of aliphatic hydroxyl groups excluding tert-OH is 1. The molecule has 2 heteroatoms. The maximum atomic E-state index is 9.15. The SMILES string of the molecule is Cc1ccc(CCC(C)NCC(C)O)cc1. The van der Waals surface area contributed by atoms with Crippen LogP contribution in [-0.2, 0) is 6.42 Å². The van der Waals surface area contributed by atoms with Crippen LogP contribution in [0.5, 0.6) is 0 Å². The first-order chi connectivity index (χ1) is 7.58. The van der Waals surface area contributed by atoms with Crippen LogP contribution in [0.15, 0.2) is 24.3 Å². The molecule has 0 saturated heterocycles. The summed E-state index contributed by atoms with van der Waals surface area (Å²) < 4.78 is 0. The Labute approximate surface area is 98.7 Å². The van der Waals surface area contributed by atoms with Gasteiger partial charge in [0.2, 0.25) is 0 Å². The molecule has 0 aliphatic carbocycles. The Morgan fingerprint density at radius 2 is 1.81 bits per heavy atom. The number of nitrogens with one attached hydrogen (secondary N) is 1. The second kappa shape index (κ2) is 6.66. The summed E-state index contributed by atoms with van der Waals surface area (Å²) in [7, 11) is 0. The molecule has 1 aromatic rings. The first-order valence-corrected chi connectivity index (χ1v) is 6.05. The molecule has 0 saturated carbocycles. The Morgan fingerprint density at radius 1 is 1.19 bits per heavy atom. The third kappa shape index (κ3) is 5.29. The number of rotatable bonds is 6. The Kier molecular flexibility index (Phi) is 5.50. The zero-order valence-electron chi connectivity index (χ0n) is 10.5. The summed E-state index contributed by atoms with van der Waals surface area (Å²) in [6.07, 6.45) is 1.94. The first kappa shape index (κ1) is 13.2. The summed E-state index contributed by atoms with van der Waals surface area (Å²) in [4.78, 5) is 0. The van der Waals surface area contributed by atoms with Gasteiger partial charge >= 0.3 is 0 Å². The van der Waals surface area contributed by atoms with Gasteiger partial charge in [0.15, 0.2) is 0 Å². The predicted molar refractivity (Wildman–Crippen MR) is 68.6 cm³/mol. The van der Waals surface area contributed by atoms with Crippen molar-refractivity contribution in [2.45, 2.75) is 45.8 Å². The van der Waals surface area contributed by atoms with Crippen molar-refractivity contribution in [3.63, 3.8) is 0 Å². The lowest BCUT2D eigenvalue weighted by molar-refractivity contribution is 0.186. The van der Waals surface area contributed by atoms with Crippen molar-refractivity contribution in [2.75, 3.05) is 6.54 Å². The van der Waals surface area contributed by atoms with Crippen molar-refractivity contribution in [1.82, 2.24) is 5.32 Å². The van der Waals surface area contributed by atoms with E-state index in [1.807, 2.05) is 0 Å². The van der Waals surface area contributed by atoms with Crippen LogP contribution in [0.1, 0.15) is 31.4 Å². The topological polar surface area (TPSA) is 32.3 Å². The summed E-state index contributed by atoms with van der Waals surface area (Å²) in [6.45, 7) is 6.75. The molecule has 0 heterocycles. The van der Waals surface area contributed by atoms with Crippen molar-refractivity contribution in [1.29, 1.82) is 0 Å². The summed E-state index contributed by atoms with van der Waals surface area (Å²) in [5, 5.41) is 12.5. The van der Waals surface area contributed by atoms with Crippen LogP contribution in [-0.4, -0.2) is 23.8 Å². The minimum Gasteiger partial charge on any atom is -0.392 e. The quantitative estimate of drug-likeness (QED) is 0.772. The largest absolute Gasteiger partial charge is 0.392 e. The fraction of sp³-hybridized carbons (Fsp3) is 0.571. The third-order valence-electron chi connectivity index (χ3n) is 2.75. The van der Waals surface area contributed by atoms with Crippen molar-refractivity contribution in [3.8, 4) is 0 Å². The number of hydrogen-bond acceptors (Lipinski definition) is 2. The van der Waals surface area contributed by atoms with E-state index in [1.54, 1.807) is 6.92 Å². The van der Waals surface area contributed by atoms with E-state index in [9.17, 15) is 0 Å². The fourth-order valence-electron chi connectivity index (χ4n) is 1.61. The van der Waals surface area contributed by atoms with E-state index in [1.165, 1.54) is 11.1 Å². The zero-order valence-corrected chi connectivity index (χ0v) is 10.5. The molecule has 0 spiro atoms. The van der Waals surface area contributed by atoms with Gasteiger partial charge in [0.25, 0.3) is 0 Å². The molecule has 2 atom stereocenters. The monoisotopic (exact) mass is 221 g/mol. The van der Waals surface area contributed by atoms with Crippen LogP contribution < -0.4 is 5.32 Å². The predicted octanol–water partition coefficient (Wildman–Crippen LogP) is 2.29. The molecule has 2 unspecified atom stereocenters. The molecule has 90 valence electrons. The Hall–Kier alpha value is -0.860. The molecule has 0 aliphatic heterocycles. The van der Waals surface area contributed by atoms with E-state index in [0.717, 1.165) is 12.8 Å². The lowest BCUT2D eigenvalue weighted by Gasteiger charge is -2.15. The minimum absolute atomic E-state index is 0.262. The highest BCUT2D eigenvalue weighted by Gasteiger charge is 2.03. The van der Waals surface area contributed by atoms with Crippen LogP contribution in [0.2, 0.25) is 0 Å².